The molecule has 0 amide bonds. The van der Waals surface area contributed by atoms with Crippen LogP contribution in [0.1, 0.15) is 0 Å². The van der Waals surface area contributed by atoms with E-state index >= 15 is 0 Å². The Labute approximate surface area is 67.9 Å². The number of hydrogen-bond donors (Lipinski definition) is 0. The predicted molar refractivity (Wildman–Crippen MR) is 40.7 cm³/mol. The first kappa shape index (κ1) is 6.54. The van der Waals surface area contributed by atoms with Gasteiger partial charge in [-0.1, -0.05) is 11.6 Å². The molecule has 0 aliphatic carbocycles. The third-order valence-corrected chi connectivity index (χ3v) is 1.71. The molecule has 0 saturated carbocycles. The summed E-state index contributed by atoms with van der Waals surface area (Å²) in [6.07, 6.45) is 3.36. The minimum absolute atomic E-state index is 0.510. The van der Waals surface area contributed by atoms with Crippen LogP contribution in [0, 0.1) is 0 Å². The van der Waals surface area contributed by atoms with Gasteiger partial charge in [0.2, 0.25) is 0 Å². The summed E-state index contributed by atoms with van der Waals surface area (Å²) < 4.78 is 3.14. The molecule has 2 aromatic rings. The maximum atomic E-state index is 5.79. The first-order chi connectivity index (χ1) is 5.33. The lowest BCUT2D eigenvalue weighted by atomic mass is 10.7. The molecule has 58 valence electrons. The van der Waals surface area contributed by atoms with Gasteiger partial charge in [0.15, 0.2) is 10.8 Å². The maximum absolute atomic E-state index is 5.79. The van der Waals surface area contributed by atoms with E-state index < -0.39 is 0 Å². The van der Waals surface area contributed by atoms with E-state index in [0.717, 1.165) is 5.65 Å². The molecule has 0 fully saturated rings. The van der Waals surface area contributed by atoms with Gasteiger partial charge in [0.1, 0.15) is 7.11 Å². The Kier molecular flexibility index (Phi) is 1.29. The van der Waals surface area contributed by atoms with Crippen molar-refractivity contribution in [1.29, 1.82) is 0 Å². The number of aromatic nitrogens is 3. The van der Waals surface area contributed by atoms with Crippen LogP contribution in [-0.2, 0) is 0 Å². The van der Waals surface area contributed by atoms with Crippen LogP contribution in [-0.4, -0.2) is 21.5 Å². The average Bonchev–Trinajstić information content (AvgIpc) is 2.46. The summed E-state index contributed by atoms with van der Waals surface area (Å²) in [6.45, 7) is 0. The number of rotatable bonds is 1. The molecule has 2 heterocycles. The Morgan fingerprint density at radius 2 is 2.45 bits per heavy atom. The van der Waals surface area contributed by atoms with Crippen molar-refractivity contribution < 1.29 is 4.84 Å². The molecule has 0 bridgehead atoms. The Hall–Kier alpha value is -1.16. The number of halogens is 1. The fourth-order valence-corrected chi connectivity index (χ4v) is 1.26. The highest BCUT2D eigenvalue weighted by atomic mass is 35.5. The second-order valence-electron chi connectivity index (χ2n) is 2.06. The van der Waals surface area contributed by atoms with Gasteiger partial charge < -0.3 is 4.84 Å². The molecule has 0 radical (unpaired) electrons. The third kappa shape index (κ3) is 0.793. The second-order valence-corrected chi connectivity index (χ2v) is 2.45. The van der Waals surface area contributed by atoms with Crippen LogP contribution in [0.3, 0.4) is 0 Å². The minimum atomic E-state index is 0.510. The monoisotopic (exact) mass is 171 g/mol. The van der Waals surface area contributed by atoms with Crippen molar-refractivity contribution in [3.63, 3.8) is 0 Å². The van der Waals surface area contributed by atoms with Crippen LogP contribution in [0.4, 0.5) is 0 Å². The summed E-state index contributed by atoms with van der Waals surface area (Å²) in [5.41, 5.74) is 0.817. The van der Waals surface area contributed by atoms with E-state index in [4.69, 9.17) is 16.4 Å². The highest BCUT2D eigenvalue weighted by molar-refractivity contribution is 6.29. The first-order valence-corrected chi connectivity index (χ1v) is 3.46. The first-order valence-electron chi connectivity index (χ1n) is 3.08. The Balaban J connectivity index is 2.80. The van der Waals surface area contributed by atoms with Gasteiger partial charge in [0.05, 0.1) is 12.4 Å². The summed E-state index contributed by atoms with van der Waals surface area (Å²) in [5, 5.41) is 4.49. The normalized spacial score (nSPS) is 10.7. The van der Waals surface area contributed by atoms with Crippen LogP contribution in [0.25, 0.3) is 5.65 Å². The van der Waals surface area contributed by atoms with Gasteiger partial charge in [-0.15, -0.1) is 0 Å². The van der Waals surface area contributed by atoms with Crippen molar-refractivity contribution >= 4 is 17.2 Å². The van der Waals surface area contributed by atoms with E-state index in [1.165, 1.54) is 4.73 Å². The molecule has 0 unspecified atom stereocenters. The van der Waals surface area contributed by atoms with Crippen molar-refractivity contribution in [3.05, 3.63) is 23.6 Å². The van der Waals surface area contributed by atoms with Crippen LogP contribution in [0.15, 0.2) is 18.5 Å². The Bertz CT molecular complexity index is 378. The minimum Gasteiger partial charge on any atom is -0.414 e. The molecule has 0 N–H and O–H groups in total. The number of fused-ring (bicyclic) bond motifs is 1. The summed E-state index contributed by atoms with van der Waals surface area (Å²) in [4.78, 5) is 4.98. The van der Waals surface area contributed by atoms with Crippen molar-refractivity contribution in [3.8, 4) is 0 Å². The molecule has 5 heteroatoms. The van der Waals surface area contributed by atoms with Crippen LogP contribution in [0.5, 0.6) is 0 Å². The number of hydrogen-bond acceptors (Lipinski definition) is 2. The molecule has 0 saturated heterocycles. The predicted octanol–water partition coefficient (Wildman–Crippen LogP) is 0.848. The van der Waals surface area contributed by atoms with Crippen molar-refractivity contribution in [1.82, 2.24) is 14.3 Å². The van der Waals surface area contributed by atoms with E-state index in [2.05, 4.69) is 5.10 Å². The van der Waals surface area contributed by atoms with Gasteiger partial charge in [-0.25, -0.2) is 4.52 Å². The van der Waals surface area contributed by atoms with E-state index in [9.17, 15) is 0 Å². The number of nitrogens with zero attached hydrogens (tertiary/aromatic N) is 3. The van der Waals surface area contributed by atoms with Crippen molar-refractivity contribution in [2.45, 2.75) is 0 Å². The van der Waals surface area contributed by atoms with Crippen molar-refractivity contribution in [2.75, 3.05) is 7.11 Å². The molecular formula is C6H6ClN3O. The summed E-state index contributed by atoms with van der Waals surface area (Å²) in [6, 6.07) is 1.81. The molecule has 2 aromatic heterocycles. The lowest BCUT2D eigenvalue weighted by Gasteiger charge is -1.99. The van der Waals surface area contributed by atoms with Gasteiger partial charge in [0.25, 0.3) is 0 Å². The van der Waals surface area contributed by atoms with Gasteiger partial charge in [0, 0.05) is 6.07 Å². The molecule has 2 rings (SSSR count). The van der Waals surface area contributed by atoms with E-state index in [1.54, 1.807) is 24.0 Å². The zero-order chi connectivity index (χ0) is 7.84. The zero-order valence-electron chi connectivity index (χ0n) is 5.86. The Morgan fingerprint density at radius 3 is 3.18 bits per heavy atom. The lowest BCUT2D eigenvalue weighted by molar-refractivity contribution is 0.178. The molecular weight excluding hydrogens is 166 g/mol. The molecule has 0 atom stereocenters. The van der Waals surface area contributed by atoms with Crippen molar-refractivity contribution in [2.24, 2.45) is 0 Å². The maximum Gasteiger partial charge on any atom is 0.172 e. The van der Waals surface area contributed by atoms with Gasteiger partial charge in [-0.05, 0) is 0 Å². The number of imidazole rings is 1. The highest BCUT2D eigenvalue weighted by Gasteiger charge is 2.05. The average molecular weight is 172 g/mol. The fourth-order valence-electron chi connectivity index (χ4n) is 1.01. The van der Waals surface area contributed by atoms with E-state index in [0.29, 0.717) is 5.15 Å². The summed E-state index contributed by atoms with van der Waals surface area (Å²) >= 11 is 5.79. The van der Waals surface area contributed by atoms with Gasteiger partial charge in [-0.3, -0.25) is 0 Å². The summed E-state index contributed by atoms with van der Waals surface area (Å²) in [5.74, 6) is 0. The lowest BCUT2D eigenvalue weighted by Crippen LogP contribution is -2.04. The van der Waals surface area contributed by atoms with E-state index in [-0.39, 0.29) is 0 Å². The summed E-state index contributed by atoms with van der Waals surface area (Å²) in [7, 11) is 1.55. The van der Waals surface area contributed by atoms with Gasteiger partial charge >= 0.3 is 0 Å². The topological polar surface area (TPSA) is 31.5 Å². The van der Waals surface area contributed by atoms with Crippen LogP contribution < -0.4 is 4.84 Å². The molecule has 0 aliphatic heterocycles. The largest absolute Gasteiger partial charge is 0.414 e. The SMILES string of the molecule is COn1c(Cl)cn2nccc12. The molecule has 0 aliphatic rings. The Morgan fingerprint density at radius 1 is 1.64 bits per heavy atom. The standard InChI is InChI=1S/C6H6ClN3O/c1-11-10-5(7)4-9-6(10)2-3-8-9/h2-4H,1H3. The molecule has 4 nitrogen and oxygen atoms in total. The smallest absolute Gasteiger partial charge is 0.172 e. The zero-order valence-corrected chi connectivity index (χ0v) is 6.62. The molecule has 11 heavy (non-hydrogen) atoms. The van der Waals surface area contributed by atoms with E-state index in [1.807, 2.05) is 6.07 Å². The molecule has 0 spiro atoms. The van der Waals surface area contributed by atoms with Crippen LogP contribution >= 0.6 is 11.6 Å². The van der Waals surface area contributed by atoms with Crippen LogP contribution in [0.2, 0.25) is 5.15 Å². The molecule has 0 aromatic carbocycles. The second kappa shape index (κ2) is 2.17. The third-order valence-electron chi connectivity index (χ3n) is 1.46. The quantitative estimate of drug-likeness (QED) is 0.637. The highest BCUT2D eigenvalue weighted by Crippen LogP contribution is 2.12. The van der Waals surface area contributed by atoms with Gasteiger partial charge in [-0.2, -0.15) is 9.83 Å². The fraction of sp³-hybridized carbons (Fsp3) is 0.167.